The summed E-state index contributed by atoms with van der Waals surface area (Å²) in [6, 6.07) is 3.88. The summed E-state index contributed by atoms with van der Waals surface area (Å²) in [5.41, 5.74) is 6.38. The normalized spacial score (nSPS) is 22.7. The summed E-state index contributed by atoms with van der Waals surface area (Å²) >= 11 is 0. The van der Waals surface area contributed by atoms with Crippen LogP contribution >= 0.6 is 0 Å². The van der Waals surface area contributed by atoms with Gasteiger partial charge < -0.3 is 11.1 Å². The Morgan fingerprint density at radius 2 is 2.00 bits per heavy atom. The Balaban J connectivity index is 1.87. The van der Waals surface area contributed by atoms with Gasteiger partial charge in [-0.1, -0.05) is 6.08 Å². The zero-order valence-corrected chi connectivity index (χ0v) is 10.6. The fraction of sp³-hybridized carbons (Fsp3) is 0.357. The molecule has 5 heteroatoms. The molecule has 1 aliphatic rings. The highest BCUT2D eigenvalue weighted by atomic mass is 19.1. The van der Waals surface area contributed by atoms with Crippen LogP contribution in [0.4, 0.5) is 8.78 Å². The molecular weight excluding hydrogens is 248 g/mol. The van der Waals surface area contributed by atoms with E-state index in [1.807, 2.05) is 0 Å². The van der Waals surface area contributed by atoms with Gasteiger partial charge in [-0.3, -0.25) is 0 Å². The molecule has 0 spiro atoms. The molecule has 102 valence electrons. The summed E-state index contributed by atoms with van der Waals surface area (Å²) in [6.07, 6.45) is 3.26. The SMILES string of the molecule is C=CCN=C(N)NC1CC(c2cc(F)cc(F)c2)C1. The number of hydrogen-bond donors (Lipinski definition) is 2. The molecule has 0 bridgehead atoms. The van der Waals surface area contributed by atoms with Gasteiger partial charge in [-0.25, -0.2) is 13.8 Å². The lowest BCUT2D eigenvalue weighted by Crippen LogP contribution is -2.46. The highest BCUT2D eigenvalue weighted by molar-refractivity contribution is 5.78. The molecule has 3 nitrogen and oxygen atoms in total. The zero-order chi connectivity index (χ0) is 13.8. The Kier molecular flexibility index (Phi) is 4.14. The monoisotopic (exact) mass is 265 g/mol. The van der Waals surface area contributed by atoms with Crippen molar-refractivity contribution in [2.24, 2.45) is 10.7 Å². The minimum absolute atomic E-state index is 0.176. The fourth-order valence-electron chi connectivity index (χ4n) is 2.24. The van der Waals surface area contributed by atoms with Gasteiger partial charge in [0.05, 0.1) is 6.54 Å². The number of halogens is 2. The molecule has 1 aromatic rings. The Bertz CT molecular complexity index is 473. The molecule has 3 N–H and O–H groups in total. The van der Waals surface area contributed by atoms with Crippen LogP contribution in [0.3, 0.4) is 0 Å². The van der Waals surface area contributed by atoms with E-state index in [0.717, 1.165) is 18.9 Å². The van der Waals surface area contributed by atoms with E-state index < -0.39 is 11.6 Å². The van der Waals surface area contributed by atoms with Gasteiger partial charge in [0.15, 0.2) is 5.96 Å². The molecule has 2 rings (SSSR count). The summed E-state index contributed by atoms with van der Waals surface area (Å²) in [7, 11) is 0. The lowest BCUT2D eigenvalue weighted by atomic mass is 9.76. The maximum atomic E-state index is 13.1. The van der Waals surface area contributed by atoms with Crippen molar-refractivity contribution < 1.29 is 8.78 Å². The molecule has 0 saturated heterocycles. The Morgan fingerprint density at radius 3 is 2.58 bits per heavy atom. The zero-order valence-electron chi connectivity index (χ0n) is 10.6. The Hall–Kier alpha value is -1.91. The van der Waals surface area contributed by atoms with Crippen molar-refractivity contribution in [3.8, 4) is 0 Å². The molecule has 0 heterocycles. The van der Waals surface area contributed by atoms with Crippen LogP contribution in [0, 0.1) is 11.6 Å². The highest BCUT2D eigenvalue weighted by Gasteiger charge is 2.31. The van der Waals surface area contributed by atoms with Crippen LogP contribution in [0.2, 0.25) is 0 Å². The third-order valence-electron chi connectivity index (χ3n) is 3.24. The van der Waals surface area contributed by atoms with Gasteiger partial charge in [0.2, 0.25) is 0 Å². The van der Waals surface area contributed by atoms with Crippen LogP contribution in [0.1, 0.15) is 24.3 Å². The first-order valence-corrected chi connectivity index (χ1v) is 6.22. The predicted octanol–water partition coefficient (Wildman–Crippen LogP) is 2.30. The van der Waals surface area contributed by atoms with Gasteiger partial charge in [0.25, 0.3) is 0 Å². The first-order chi connectivity index (χ1) is 9.08. The molecule has 0 radical (unpaired) electrons. The summed E-state index contributed by atoms with van der Waals surface area (Å²) in [6.45, 7) is 4.03. The lowest BCUT2D eigenvalue weighted by Gasteiger charge is -2.36. The molecular formula is C14H17F2N3. The number of nitrogens with two attached hydrogens (primary N) is 1. The second-order valence-corrected chi connectivity index (χ2v) is 4.73. The molecule has 0 aromatic heterocycles. The number of rotatable bonds is 4. The topological polar surface area (TPSA) is 50.4 Å². The van der Waals surface area contributed by atoms with Gasteiger partial charge in [0, 0.05) is 12.1 Å². The fourth-order valence-corrected chi connectivity index (χ4v) is 2.24. The molecule has 19 heavy (non-hydrogen) atoms. The number of hydrogen-bond acceptors (Lipinski definition) is 1. The van der Waals surface area contributed by atoms with Crippen LogP contribution in [-0.2, 0) is 0 Å². The van der Waals surface area contributed by atoms with Crippen molar-refractivity contribution in [1.29, 1.82) is 0 Å². The largest absolute Gasteiger partial charge is 0.370 e. The van der Waals surface area contributed by atoms with E-state index in [1.54, 1.807) is 6.08 Å². The minimum atomic E-state index is -0.529. The third-order valence-corrected chi connectivity index (χ3v) is 3.24. The van der Waals surface area contributed by atoms with Crippen LogP contribution < -0.4 is 11.1 Å². The molecule has 1 fully saturated rings. The van der Waals surface area contributed by atoms with E-state index in [0.29, 0.717) is 18.1 Å². The number of guanidine groups is 1. The van der Waals surface area contributed by atoms with E-state index >= 15 is 0 Å². The average Bonchev–Trinajstić information content (AvgIpc) is 2.29. The smallest absolute Gasteiger partial charge is 0.189 e. The minimum Gasteiger partial charge on any atom is -0.370 e. The Labute approximate surface area is 111 Å². The van der Waals surface area contributed by atoms with Crippen molar-refractivity contribution >= 4 is 5.96 Å². The summed E-state index contributed by atoms with van der Waals surface area (Å²) in [5.74, 6) is -0.499. The van der Waals surface area contributed by atoms with Crippen molar-refractivity contribution in [2.45, 2.75) is 24.8 Å². The lowest BCUT2D eigenvalue weighted by molar-refractivity contribution is 0.322. The first kappa shape index (κ1) is 13.5. The van der Waals surface area contributed by atoms with Crippen molar-refractivity contribution in [3.05, 3.63) is 48.1 Å². The van der Waals surface area contributed by atoms with Gasteiger partial charge in [0.1, 0.15) is 11.6 Å². The van der Waals surface area contributed by atoms with Crippen LogP contribution in [0.5, 0.6) is 0 Å². The third kappa shape index (κ3) is 3.53. The second kappa shape index (κ2) is 5.82. The van der Waals surface area contributed by atoms with E-state index in [9.17, 15) is 8.78 Å². The molecule has 1 aliphatic carbocycles. The maximum absolute atomic E-state index is 13.1. The molecule has 0 unspecified atom stereocenters. The van der Waals surface area contributed by atoms with Gasteiger partial charge in [-0.05, 0) is 36.5 Å². The van der Waals surface area contributed by atoms with Crippen LogP contribution in [0.15, 0.2) is 35.8 Å². The number of benzene rings is 1. The van der Waals surface area contributed by atoms with E-state index in [1.165, 1.54) is 12.1 Å². The molecule has 1 aromatic carbocycles. The standard InChI is InChI=1S/C14H17F2N3/c1-2-3-18-14(17)19-13-6-10(7-13)9-4-11(15)8-12(16)5-9/h2,4-5,8,10,13H,1,3,6-7H2,(H3,17,18,19). The Morgan fingerprint density at radius 1 is 1.37 bits per heavy atom. The average molecular weight is 265 g/mol. The van der Waals surface area contributed by atoms with E-state index in [2.05, 4.69) is 16.9 Å². The van der Waals surface area contributed by atoms with Gasteiger partial charge in [-0.15, -0.1) is 6.58 Å². The predicted molar refractivity (Wildman–Crippen MR) is 71.9 cm³/mol. The first-order valence-electron chi connectivity index (χ1n) is 6.22. The van der Waals surface area contributed by atoms with Gasteiger partial charge in [-0.2, -0.15) is 0 Å². The van der Waals surface area contributed by atoms with Gasteiger partial charge >= 0.3 is 0 Å². The second-order valence-electron chi connectivity index (χ2n) is 4.73. The maximum Gasteiger partial charge on any atom is 0.189 e. The number of aliphatic imine (C=N–C) groups is 1. The van der Waals surface area contributed by atoms with Crippen molar-refractivity contribution in [3.63, 3.8) is 0 Å². The summed E-state index contributed by atoms with van der Waals surface area (Å²) in [5, 5.41) is 3.07. The summed E-state index contributed by atoms with van der Waals surface area (Å²) in [4.78, 5) is 4.04. The quantitative estimate of drug-likeness (QED) is 0.498. The van der Waals surface area contributed by atoms with Crippen LogP contribution in [-0.4, -0.2) is 18.5 Å². The molecule has 1 saturated carbocycles. The van der Waals surface area contributed by atoms with E-state index in [4.69, 9.17) is 5.73 Å². The van der Waals surface area contributed by atoms with Crippen molar-refractivity contribution in [2.75, 3.05) is 6.54 Å². The van der Waals surface area contributed by atoms with Crippen LogP contribution in [0.25, 0.3) is 0 Å². The van der Waals surface area contributed by atoms with E-state index in [-0.39, 0.29) is 12.0 Å². The highest BCUT2D eigenvalue weighted by Crippen LogP contribution is 2.37. The number of nitrogens with one attached hydrogen (secondary N) is 1. The molecule has 0 atom stereocenters. The van der Waals surface area contributed by atoms with Crippen molar-refractivity contribution in [1.82, 2.24) is 5.32 Å². The number of nitrogens with zero attached hydrogens (tertiary/aromatic N) is 1. The molecule has 0 amide bonds. The summed E-state index contributed by atoms with van der Waals surface area (Å²) < 4.78 is 26.2. The molecule has 0 aliphatic heterocycles.